The third-order valence-electron chi connectivity index (χ3n) is 3.23. The number of aliphatic carboxylic acids is 1. The number of nitrogens with zero attached hydrogens (tertiary/aromatic N) is 1. The molecule has 0 fully saturated rings. The molecule has 124 valence electrons. The highest BCUT2D eigenvalue weighted by molar-refractivity contribution is 7.10. The SMILES string of the molecule is CC(C)(C)c1nc(C(=O)NCCCCCCCC(=O)O)cs1. The standard InChI is InChI=1S/C16H26N2O3S/c1-16(2,3)15-18-12(11-22-15)14(21)17-10-8-6-4-5-7-9-13(19)20/h11H,4-10H2,1-3H3,(H,17,21)(H,19,20). The predicted molar refractivity (Wildman–Crippen MR) is 88.5 cm³/mol. The molecule has 5 nitrogen and oxygen atoms in total. The first-order valence-electron chi connectivity index (χ1n) is 7.76. The van der Waals surface area contributed by atoms with Gasteiger partial charge in [-0.1, -0.05) is 40.0 Å². The number of unbranched alkanes of at least 4 members (excludes halogenated alkanes) is 4. The summed E-state index contributed by atoms with van der Waals surface area (Å²) in [5.74, 6) is -0.845. The van der Waals surface area contributed by atoms with E-state index in [1.54, 1.807) is 0 Å². The molecule has 1 aromatic rings. The number of rotatable bonds is 9. The molecule has 0 saturated heterocycles. The van der Waals surface area contributed by atoms with Crippen molar-refractivity contribution in [2.75, 3.05) is 6.54 Å². The van der Waals surface area contributed by atoms with Gasteiger partial charge in [-0.05, 0) is 12.8 Å². The van der Waals surface area contributed by atoms with Gasteiger partial charge in [0, 0.05) is 23.8 Å². The Morgan fingerprint density at radius 1 is 1.18 bits per heavy atom. The van der Waals surface area contributed by atoms with Gasteiger partial charge in [0.25, 0.3) is 5.91 Å². The number of nitrogens with one attached hydrogen (secondary N) is 1. The van der Waals surface area contributed by atoms with Gasteiger partial charge in [-0.3, -0.25) is 9.59 Å². The number of carboxylic acids is 1. The minimum absolute atomic E-state index is 0.0286. The number of carbonyl (C=O) groups is 2. The summed E-state index contributed by atoms with van der Waals surface area (Å²) >= 11 is 1.52. The van der Waals surface area contributed by atoms with Crippen LogP contribution >= 0.6 is 11.3 Å². The summed E-state index contributed by atoms with van der Waals surface area (Å²) in [5.41, 5.74) is 0.468. The van der Waals surface area contributed by atoms with Crippen molar-refractivity contribution in [1.82, 2.24) is 10.3 Å². The van der Waals surface area contributed by atoms with Gasteiger partial charge in [0.2, 0.25) is 0 Å². The van der Waals surface area contributed by atoms with Gasteiger partial charge < -0.3 is 10.4 Å². The van der Waals surface area contributed by atoms with Crippen molar-refractivity contribution >= 4 is 23.2 Å². The van der Waals surface area contributed by atoms with Gasteiger partial charge in [-0.2, -0.15) is 0 Å². The largest absolute Gasteiger partial charge is 0.481 e. The van der Waals surface area contributed by atoms with Crippen molar-refractivity contribution < 1.29 is 14.7 Å². The van der Waals surface area contributed by atoms with E-state index in [1.165, 1.54) is 11.3 Å². The molecule has 1 heterocycles. The highest BCUT2D eigenvalue weighted by Gasteiger charge is 2.20. The lowest BCUT2D eigenvalue weighted by Crippen LogP contribution is -2.25. The quantitative estimate of drug-likeness (QED) is 0.680. The van der Waals surface area contributed by atoms with Crippen LogP contribution in [0.3, 0.4) is 0 Å². The van der Waals surface area contributed by atoms with Crippen LogP contribution in [0.15, 0.2) is 5.38 Å². The van der Waals surface area contributed by atoms with Crippen LogP contribution < -0.4 is 5.32 Å². The molecule has 0 saturated carbocycles. The smallest absolute Gasteiger partial charge is 0.303 e. The summed E-state index contributed by atoms with van der Waals surface area (Å²) in [5, 5.41) is 14.2. The van der Waals surface area contributed by atoms with Crippen LogP contribution in [0.1, 0.15) is 74.8 Å². The Kier molecular flexibility index (Phi) is 7.51. The van der Waals surface area contributed by atoms with Gasteiger partial charge in [-0.15, -0.1) is 11.3 Å². The first kappa shape index (κ1) is 18.6. The number of carboxylic acid groups (broad SMARTS) is 1. The molecule has 0 aliphatic heterocycles. The van der Waals surface area contributed by atoms with Crippen molar-refractivity contribution in [1.29, 1.82) is 0 Å². The second-order valence-corrected chi connectivity index (χ2v) is 7.31. The minimum Gasteiger partial charge on any atom is -0.481 e. The van der Waals surface area contributed by atoms with E-state index in [2.05, 4.69) is 31.1 Å². The molecule has 0 atom stereocenters. The summed E-state index contributed by atoms with van der Waals surface area (Å²) in [7, 11) is 0. The molecule has 0 aliphatic rings. The molecular formula is C16H26N2O3S. The topological polar surface area (TPSA) is 79.3 Å². The highest BCUT2D eigenvalue weighted by atomic mass is 32.1. The molecular weight excluding hydrogens is 300 g/mol. The van der Waals surface area contributed by atoms with Gasteiger partial charge >= 0.3 is 5.97 Å². The Hall–Kier alpha value is -1.43. The van der Waals surface area contributed by atoms with Crippen LogP contribution in [0.4, 0.5) is 0 Å². The Morgan fingerprint density at radius 2 is 1.82 bits per heavy atom. The fraction of sp³-hybridized carbons (Fsp3) is 0.688. The molecule has 0 spiro atoms. The van der Waals surface area contributed by atoms with Crippen LogP contribution in [0.25, 0.3) is 0 Å². The van der Waals surface area contributed by atoms with Crippen LogP contribution in [0.2, 0.25) is 0 Å². The number of hydrogen-bond donors (Lipinski definition) is 2. The summed E-state index contributed by atoms with van der Waals surface area (Å²) < 4.78 is 0. The van der Waals surface area contributed by atoms with Crippen molar-refractivity contribution in [3.8, 4) is 0 Å². The van der Waals surface area contributed by atoms with E-state index in [0.717, 1.165) is 37.1 Å². The summed E-state index contributed by atoms with van der Waals surface area (Å²) in [6.07, 6.45) is 4.83. The fourth-order valence-electron chi connectivity index (χ4n) is 1.95. The van der Waals surface area contributed by atoms with E-state index in [1.807, 2.05) is 5.38 Å². The van der Waals surface area contributed by atoms with E-state index in [4.69, 9.17) is 5.11 Å². The molecule has 22 heavy (non-hydrogen) atoms. The molecule has 0 aromatic carbocycles. The average Bonchev–Trinajstić information content (AvgIpc) is 2.91. The highest BCUT2D eigenvalue weighted by Crippen LogP contribution is 2.25. The molecule has 0 aliphatic carbocycles. The molecule has 2 N–H and O–H groups in total. The summed E-state index contributed by atoms with van der Waals surface area (Å²) in [4.78, 5) is 26.7. The maximum absolute atomic E-state index is 12.0. The van der Waals surface area contributed by atoms with Gasteiger partial charge in [0.15, 0.2) is 0 Å². The van der Waals surface area contributed by atoms with E-state index < -0.39 is 5.97 Å². The first-order valence-corrected chi connectivity index (χ1v) is 8.64. The van der Waals surface area contributed by atoms with Crippen molar-refractivity contribution in [2.24, 2.45) is 0 Å². The second kappa shape index (κ2) is 8.88. The fourth-order valence-corrected chi connectivity index (χ4v) is 2.83. The van der Waals surface area contributed by atoms with Gasteiger partial charge in [0.05, 0.1) is 5.01 Å². The van der Waals surface area contributed by atoms with Crippen molar-refractivity contribution in [3.63, 3.8) is 0 Å². The number of carbonyl (C=O) groups excluding carboxylic acids is 1. The van der Waals surface area contributed by atoms with Crippen molar-refractivity contribution in [3.05, 3.63) is 16.1 Å². The minimum atomic E-state index is -0.731. The lowest BCUT2D eigenvalue weighted by molar-refractivity contribution is -0.137. The summed E-state index contributed by atoms with van der Waals surface area (Å²) in [6, 6.07) is 0. The van der Waals surface area contributed by atoms with Crippen molar-refractivity contribution in [2.45, 2.75) is 64.7 Å². The molecule has 0 radical (unpaired) electrons. The van der Waals surface area contributed by atoms with E-state index >= 15 is 0 Å². The zero-order chi connectivity index (χ0) is 16.6. The molecule has 1 rings (SSSR count). The first-order chi connectivity index (χ1) is 10.3. The Labute approximate surface area is 136 Å². The van der Waals surface area contributed by atoms with Gasteiger partial charge in [0.1, 0.15) is 5.69 Å². The monoisotopic (exact) mass is 326 g/mol. The lowest BCUT2D eigenvalue weighted by atomic mass is 9.98. The zero-order valence-electron chi connectivity index (χ0n) is 13.6. The Balaban J connectivity index is 2.16. The van der Waals surface area contributed by atoms with Gasteiger partial charge in [-0.25, -0.2) is 4.98 Å². The number of amides is 1. The van der Waals surface area contributed by atoms with E-state index in [9.17, 15) is 9.59 Å². The second-order valence-electron chi connectivity index (χ2n) is 6.46. The maximum Gasteiger partial charge on any atom is 0.303 e. The van der Waals surface area contributed by atoms with Crippen LogP contribution in [-0.2, 0) is 10.2 Å². The molecule has 1 aromatic heterocycles. The van der Waals surface area contributed by atoms with Crippen LogP contribution in [0.5, 0.6) is 0 Å². The Morgan fingerprint density at radius 3 is 2.41 bits per heavy atom. The third-order valence-corrected chi connectivity index (χ3v) is 4.50. The average molecular weight is 326 g/mol. The van der Waals surface area contributed by atoms with E-state index in [-0.39, 0.29) is 17.7 Å². The van der Waals surface area contributed by atoms with Crippen LogP contribution in [0, 0.1) is 0 Å². The lowest BCUT2D eigenvalue weighted by Gasteiger charge is -2.13. The third kappa shape index (κ3) is 7.02. The summed E-state index contributed by atoms with van der Waals surface area (Å²) in [6.45, 7) is 6.88. The normalized spacial score (nSPS) is 11.4. The number of aromatic nitrogens is 1. The van der Waals surface area contributed by atoms with E-state index in [0.29, 0.717) is 12.2 Å². The molecule has 1 amide bonds. The maximum atomic E-state index is 12.0. The molecule has 0 bridgehead atoms. The number of thiazole rings is 1. The van der Waals surface area contributed by atoms with Crippen LogP contribution in [-0.4, -0.2) is 28.5 Å². The molecule has 6 heteroatoms. The molecule has 0 unspecified atom stereocenters. The number of hydrogen-bond acceptors (Lipinski definition) is 4. The Bertz CT molecular complexity index is 492. The predicted octanol–water partition coefficient (Wildman–Crippen LogP) is 3.60. The zero-order valence-corrected chi connectivity index (χ0v) is 14.5.